The van der Waals surface area contributed by atoms with Crippen LogP contribution in [0.4, 0.5) is 0 Å². The molecule has 0 spiro atoms. The summed E-state index contributed by atoms with van der Waals surface area (Å²) in [5.74, 6) is 0.325. The van der Waals surface area contributed by atoms with Crippen LogP contribution in [0.15, 0.2) is 59.7 Å². The lowest BCUT2D eigenvalue weighted by atomic mass is 10.2. The van der Waals surface area contributed by atoms with Gasteiger partial charge in [-0.15, -0.1) is 0 Å². The van der Waals surface area contributed by atoms with Crippen molar-refractivity contribution in [3.8, 4) is 5.75 Å². The molecule has 1 N–H and O–H groups in total. The Morgan fingerprint density at radius 1 is 1.19 bits per heavy atom. The van der Waals surface area contributed by atoms with Gasteiger partial charge in [0.2, 0.25) is 0 Å². The molecule has 0 bridgehead atoms. The number of amides is 1. The summed E-state index contributed by atoms with van der Waals surface area (Å²) in [4.78, 5) is 11.8. The molecule has 0 saturated heterocycles. The first-order valence-electron chi connectivity index (χ1n) is 6.45. The maximum atomic E-state index is 11.8. The fourth-order valence-electron chi connectivity index (χ4n) is 1.57. The molecule has 1 atom stereocenters. The van der Waals surface area contributed by atoms with E-state index in [1.54, 1.807) is 37.4 Å². The van der Waals surface area contributed by atoms with Gasteiger partial charge in [-0.25, -0.2) is 5.43 Å². The fourth-order valence-corrected chi connectivity index (χ4v) is 1.69. The normalized spacial score (nSPS) is 12.1. The summed E-state index contributed by atoms with van der Waals surface area (Å²) in [6.07, 6.45) is 0.915. The summed E-state index contributed by atoms with van der Waals surface area (Å²) in [7, 11) is 0. The van der Waals surface area contributed by atoms with Crippen molar-refractivity contribution < 1.29 is 9.53 Å². The van der Waals surface area contributed by atoms with Gasteiger partial charge < -0.3 is 4.74 Å². The molecule has 2 aromatic rings. The Bertz CT molecular complexity index is 612. The van der Waals surface area contributed by atoms with Crippen LogP contribution in [0.25, 0.3) is 0 Å². The minimum Gasteiger partial charge on any atom is -0.481 e. The fraction of sp³-hybridized carbons (Fsp3) is 0.125. The minimum absolute atomic E-state index is 0.316. The molecule has 0 aliphatic carbocycles. The minimum atomic E-state index is -0.630. The quantitative estimate of drug-likeness (QED) is 0.681. The van der Waals surface area contributed by atoms with Crippen LogP contribution in [0.1, 0.15) is 12.5 Å². The lowest BCUT2D eigenvalue weighted by Crippen LogP contribution is -2.33. The van der Waals surface area contributed by atoms with Crippen molar-refractivity contribution in [1.29, 1.82) is 0 Å². The first-order chi connectivity index (χ1) is 10.1. The molecule has 5 heteroatoms. The van der Waals surface area contributed by atoms with E-state index >= 15 is 0 Å². The van der Waals surface area contributed by atoms with Crippen LogP contribution in [-0.4, -0.2) is 18.2 Å². The number of ether oxygens (including phenoxy) is 1. The summed E-state index contributed by atoms with van der Waals surface area (Å²) in [5, 5.41) is 4.54. The number of nitrogens with one attached hydrogen (secondary N) is 1. The first-order valence-corrected chi connectivity index (χ1v) is 6.83. The Labute approximate surface area is 128 Å². The van der Waals surface area contributed by atoms with Crippen LogP contribution in [0.5, 0.6) is 5.75 Å². The second kappa shape index (κ2) is 7.45. The van der Waals surface area contributed by atoms with Crippen LogP contribution >= 0.6 is 11.6 Å². The third kappa shape index (κ3) is 4.93. The van der Waals surface area contributed by atoms with Gasteiger partial charge in [0.05, 0.1) is 6.21 Å². The SMILES string of the molecule is CC(Oc1ccccc1)C(=O)N/N=C/c1ccc(Cl)cc1. The molecular formula is C16H15ClN2O2. The maximum absolute atomic E-state index is 11.8. The average Bonchev–Trinajstić information content (AvgIpc) is 2.50. The van der Waals surface area contributed by atoms with E-state index < -0.39 is 6.10 Å². The number of carbonyl (C=O) groups excluding carboxylic acids is 1. The molecule has 0 aliphatic heterocycles. The van der Waals surface area contributed by atoms with Crippen molar-refractivity contribution in [2.45, 2.75) is 13.0 Å². The standard InChI is InChI=1S/C16H15ClN2O2/c1-12(21-15-5-3-2-4-6-15)16(20)19-18-11-13-7-9-14(17)10-8-13/h2-12H,1H3,(H,19,20)/b18-11+. The van der Waals surface area contributed by atoms with E-state index in [4.69, 9.17) is 16.3 Å². The lowest BCUT2D eigenvalue weighted by molar-refractivity contribution is -0.127. The molecular weight excluding hydrogens is 288 g/mol. The molecule has 108 valence electrons. The van der Waals surface area contributed by atoms with E-state index in [1.807, 2.05) is 30.3 Å². The Morgan fingerprint density at radius 2 is 1.86 bits per heavy atom. The third-order valence-electron chi connectivity index (χ3n) is 2.68. The van der Waals surface area contributed by atoms with Gasteiger partial charge >= 0.3 is 0 Å². The first kappa shape index (κ1) is 15.1. The number of halogens is 1. The summed E-state index contributed by atoms with van der Waals surface area (Å²) in [5.41, 5.74) is 3.28. The Kier molecular flexibility index (Phi) is 5.35. The van der Waals surface area contributed by atoms with Crippen LogP contribution in [0.2, 0.25) is 5.02 Å². The van der Waals surface area contributed by atoms with E-state index in [1.165, 1.54) is 0 Å². The highest BCUT2D eigenvalue weighted by atomic mass is 35.5. The van der Waals surface area contributed by atoms with Gasteiger partial charge in [-0.3, -0.25) is 4.79 Å². The smallest absolute Gasteiger partial charge is 0.280 e. The van der Waals surface area contributed by atoms with Crippen LogP contribution in [0, 0.1) is 0 Å². The molecule has 1 amide bonds. The van der Waals surface area contributed by atoms with E-state index in [0.29, 0.717) is 10.8 Å². The van der Waals surface area contributed by atoms with Gasteiger partial charge in [-0.2, -0.15) is 5.10 Å². The molecule has 0 heterocycles. The maximum Gasteiger partial charge on any atom is 0.280 e. The summed E-state index contributed by atoms with van der Waals surface area (Å²) >= 11 is 5.78. The highest BCUT2D eigenvalue weighted by molar-refractivity contribution is 6.30. The van der Waals surface area contributed by atoms with E-state index in [2.05, 4.69) is 10.5 Å². The third-order valence-corrected chi connectivity index (χ3v) is 2.94. The second-order valence-electron chi connectivity index (χ2n) is 4.36. The summed E-state index contributed by atoms with van der Waals surface area (Å²) < 4.78 is 5.49. The van der Waals surface area contributed by atoms with E-state index in [9.17, 15) is 4.79 Å². The molecule has 0 fully saturated rings. The number of hydrogen-bond acceptors (Lipinski definition) is 3. The largest absolute Gasteiger partial charge is 0.481 e. The van der Waals surface area contributed by atoms with Crippen LogP contribution in [-0.2, 0) is 4.79 Å². The molecule has 0 saturated carbocycles. The number of nitrogens with zero attached hydrogens (tertiary/aromatic N) is 1. The van der Waals surface area contributed by atoms with Crippen molar-refractivity contribution in [3.63, 3.8) is 0 Å². The zero-order valence-electron chi connectivity index (χ0n) is 11.5. The molecule has 0 radical (unpaired) electrons. The predicted octanol–water partition coefficient (Wildman–Crippen LogP) is 3.26. The van der Waals surface area contributed by atoms with Gasteiger partial charge in [0.15, 0.2) is 6.10 Å². The Morgan fingerprint density at radius 3 is 2.52 bits per heavy atom. The predicted molar refractivity (Wildman–Crippen MR) is 83.7 cm³/mol. The molecule has 1 unspecified atom stereocenters. The van der Waals surface area contributed by atoms with Crippen molar-refractivity contribution in [1.82, 2.24) is 5.43 Å². The highest BCUT2D eigenvalue weighted by Gasteiger charge is 2.13. The van der Waals surface area contributed by atoms with Gasteiger partial charge in [0.1, 0.15) is 5.75 Å². The Balaban J connectivity index is 1.85. The molecule has 4 nitrogen and oxygen atoms in total. The van der Waals surface area contributed by atoms with Crippen molar-refractivity contribution in [2.75, 3.05) is 0 Å². The molecule has 0 aliphatic rings. The monoisotopic (exact) mass is 302 g/mol. The second-order valence-corrected chi connectivity index (χ2v) is 4.80. The molecule has 21 heavy (non-hydrogen) atoms. The van der Waals surface area contributed by atoms with Gasteiger partial charge in [-0.1, -0.05) is 41.9 Å². The lowest BCUT2D eigenvalue weighted by Gasteiger charge is -2.12. The van der Waals surface area contributed by atoms with Gasteiger partial charge in [0, 0.05) is 5.02 Å². The average molecular weight is 303 g/mol. The van der Waals surface area contributed by atoms with Crippen LogP contribution < -0.4 is 10.2 Å². The number of carbonyl (C=O) groups is 1. The Hall–Kier alpha value is -2.33. The molecule has 0 aromatic heterocycles. The zero-order chi connectivity index (χ0) is 15.1. The van der Waals surface area contributed by atoms with Crippen molar-refractivity contribution >= 4 is 23.7 Å². The summed E-state index contributed by atoms with van der Waals surface area (Å²) in [6, 6.07) is 16.3. The van der Waals surface area contributed by atoms with E-state index in [-0.39, 0.29) is 5.91 Å². The molecule has 2 aromatic carbocycles. The number of rotatable bonds is 5. The van der Waals surface area contributed by atoms with Gasteiger partial charge in [0.25, 0.3) is 5.91 Å². The van der Waals surface area contributed by atoms with Gasteiger partial charge in [-0.05, 0) is 36.8 Å². The van der Waals surface area contributed by atoms with Crippen molar-refractivity contribution in [2.24, 2.45) is 5.10 Å². The number of hydrogen-bond donors (Lipinski definition) is 1. The van der Waals surface area contributed by atoms with E-state index in [0.717, 1.165) is 5.56 Å². The highest BCUT2D eigenvalue weighted by Crippen LogP contribution is 2.10. The van der Waals surface area contributed by atoms with Crippen LogP contribution in [0.3, 0.4) is 0 Å². The van der Waals surface area contributed by atoms with Crippen molar-refractivity contribution in [3.05, 3.63) is 65.2 Å². The summed E-state index contributed by atoms with van der Waals surface area (Å²) in [6.45, 7) is 1.67. The number of hydrazone groups is 1. The zero-order valence-corrected chi connectivity index (χ0v) is 12.2. The molecule has 2 rings (SSSR count). The number of para-hydroxylation sites is 1. The topological polar surface area (TPSA) is 50.7 Å². The number of benzene rings is 2.